The third kappa shape index (κ3) is 3.09. The molecule has 1 atom stereocenters. The van der Waals surface area contributed by atoms with Crippen LogP contribution in [0.15, 0.2) is 34.9 Å². The first-order valence-corrected chi connectivity index (χ1v) is 8.02. The normalized spacial score (nSPS) is 13.3. The first-order valence-electron chi connectivity index (χ1n) is 5.66. The van der Waals surface area contributed by atoms with Crippen LogP contribution in [0.25, 0.3) is 0 Å². The molecule has 0 saturated carbocycles. The topological polar surface area (TPSA) is 98.0 Å². The fourth-order valence-corrected chi connectivity index (χ4v) is 3.79. The van der Waals surface area contributed by atoms with Gasteiger partial charge in [0.05, 0.1) is 11.7 Å². The van der Waals surface area contributed by atoms with Gasteiger partial charge < -0.3 is 5.73 Å². The lowest BCUT2D eigenvalue weighted by molar-refractivity contribution is 0.549. The zero-order valence-corrected chi connectivity index (χ0v) is 11.9. The first kappa shape index (κ1) is 13.9. The van der Waals surface area contributed by atoms with Gasteiger partial charge in [-0.3, -0.25) is 4.98 Å². The lowest BCUT2D eigenvalue weighted by Crippen LogP contribution is -2.29. The minimum absolute atomic E-state index is 0.00925. The fourth-order valence-electron chi connectivity index (χ4n) is 1.58. The summed E-state index contributed by atoms with van der Waals surface area (Å²) in [5.74, 6) is 0. The van der Waals surface area contributed by atoms with E-state index in [0.29, 0.717) is 6.42 Å². The minimum atomic E-state index is -3.70. The van der Waals surface area contributed by atoms with Crippen LogP contribution in [0, 0.1) is 0 Å². The van der Waals surface area contributed by atoms with Crippen molar-refractivity contribution in [2.24, 2.45) is 0 Å². The van der Waals surface area contributed by atoms with Crippen LogP contribution in [0.2, 0.25) is 0 Å². The van der Waals surface area contributed by atoms with Crippen molar-refractivity contribution in [2.75, 3.05) is 5.73 Å². The number of nitrogens with one attached hydrogen (secondary N) is 1. The number of anilines is 1. The van der Waals surface area contributed by atoms with Gasteiger partial charge in [-0.15, -0.1) is 11.3 Å². The summed E-state index contributed by atoms with van der Waals surface area (Å²) in [6.07, 6.45) is 4.95. The van der Waals surface area contributed by atoms with Crippen molar-refractivity contribution >= 4 is 27.0 Å². The maximum Gasteiger partial charge on any atom is 0.244 e. The van der Waals surface area contributed by atoms with Gasteiger partial charge in [0.15, 0.2) is 0 Å². The summed E-state index contributed by atoms with van der Waals surface area (Å²) in [4.78, 5) is 7.92. The molecule has 0 saturated heterocycles. The lowest BCUT2D eigenvalue weighted by atomic mass is 10.3. The summed E-state index contributed by atoms with van der Waals surface area (Å²) in [6, 6.07) is 1.10. The number of nitrogens with zero attached hydrogens (tertiary/aromatic N) is 2. The molecule has 1 unspecified atom stereocenters. The van der Waals surface area contributed by atoms with Gasteiger partial charge in [0.25, 0.3) is 0 Å². The number of thiazole rings is 1. The average molecular weight is 298 g/mol. The summed E-state index contributed by atoms with van der Waals surface area (Å²) >= 11 is 1.41. The summed E-state index contributed by atoms with van der Waals surface area (Å²) in [6.45, 7) is 1.89. The molecule has 0 amide bonds. The highest BCUT2D eigenvalue weighted by Gasteiger charge is 2.23. The highest BCUT2D eigenvalue weighted by Crippen LogP contribution is 2.23. The number of aromatic nitrogens is 2. The molecule has 6 nitrogen and oxygen atoms in total. The molecule has 0 spiro atoms. The monoisotopic (exact) mass is 298 g/mol. The van der Waals surface area contributed by atoms with Crippen molar-refractivity contribution in [1.82, 2.24) is 14.7 Å². The van der Waals surface area contributed by atoms with E-state index < -0.39 is 10.0 Å². The van der Waals surface area contributed by atoms with E-state index in [1.165, 1.54) is 29.8 Å². The quantitative estimate of drug-likeness (QED) is 0.872. The molecule has 2 aromatic heterocycles. The van der Waals surface area contributed by atoms with Crippen molar-refractivity contribution in [3.05, 3.63) is 35.0 Å². The van der Waals surface area contributed by atoms with Crippen LogP contribution in [0.3, 0.4) is 0 Å². The number of hydrogen-bond acceptors (Lipinski definition) is 6. The van der Waals surface area contributed by atoms with Gasteiger partial charge in [0.2, 0.25) is 10.0 Å². The first-order chi connectivity index (χ1) is 9.04. The highest BCUT2D eigenvalue weighted by molar-refractivity contribution is 7.89. The molecular formula is C11H14N4O2S2. The van der Waals surface area contributed by atoms with Crippen LogP contribution < -0.4 is 10.5 Å². The molecule has 0 aliphatic carbocycles. The van der Waals surface area contributed by atoms with Crippen molar-refractivity contribution in [1.29, 1.82) is 0 Å². The molecule has 2 rings (SSSR count). The van der Waals surface area contributed by atoms with E-state index in [-0.39, 0.29) is 16.6 Å². The molecule has 102 valence electrons. The maximum atomic E-state index is 12.3. The van der Waals surface area contributed by atoms with Crippen LogP contribution in [-0.2, 0) is 10.0 Å². The number of pyridine rings is 1. The van der Waals surface area contributed by atoms with Gasteiger partial charge in [-0.25, -0.2) is 18.1 Å². The molecule has 0 fully saturated rings. The van der Waals surface area contributed by atoms with E-state index in [1.807, 2.05) is 12.3 Å². The van der Waals surface area contributed by atoms with Crippen molar-refractivity contribution < 1.29 is 8.42 Å². The molecule has 19 heavy (non-hydrogen) atoms. The van der Waals surface area contributed by atoms with Gasteiger partial charge in [0, 0.05) is 24.0 Å². The summed E-state index contributed by atoms with van der Waals surface area (Å²) < 4.78 is 27.1. The molecule has 0 aromatic carbocycles. The molecular weight excluding hydrogens is 284 g/mol. The van der Waals surface area contributed by atoms with Crippen molar-refractivity contribution in [3.63, 3.8) is 0 Å². The maximum absolute atomic E-state index is 12.3. The third-order valence-corrected chi connectivity index (χ3v) is 4.97. The second-order valence-corrected chi connectivity index (χ2v) is 6.47. The van der Waals surface area contributed by atoms with Crippen LogP contribution >= 0.6 is 11.3 Å². The Morgan fingerprint density at radius 3 is 2.84 bits per heavy atom. The second-order valence-electron chi connectivity index (χ2n) is 3.87. The number of sulfonamides is 1. The predicted octanol–water partition coefficient (Wildman–Crippen LogP) is 1.55. The Balaban J connectivity index is 2.29. The Bertz CT molecular complexity index is 640. The minimum Gasteiger partial charge on any atom is -0.398 e. The summed E-state index contributed by atoms with van der Waals surface area (Å²) in [7, 11) is -3.70. The smallest absolute Gasteiger partial charge is 0.244 e. The zero-order chi connectivity index (χ0) is 13.9. The average Bonchev–Trinajstić information content (AvgIpc) is 2.90. The Morgan fingerprint density at radius 2 is 2.26 bits per heavy atom. The van der Waals surface area contributed by atoms with Crippen LogP contribution in [0.5, 0.6) is 0 Å². The van der Waals surface area contributed by atoms with Crippen LogP contribution in [0.1, 0.15) is 24.4 Å². The van der Waals surface area contributed by atoms with Crippen LogP contribution in [-0.4, -0.2) is 18.4 Å². The molecule has 8 heteroatoms. The molecule has 0 aliphatic rings. The third-order valence-electron chi connectivity index (χ3n) is 2.56. The summed E-state index contributed by atoms with van der Waals surface area (Å²) in [5.41, 5.74) is 5.85. The Hall–Kier alpha value is -1.51. The van der Waals surface area contributed by atoms with E-state index in [1.54, 1.807) is 6.20 Å². The largest absolute Gasteiger partial charge is 0.398 e. The molecule has 2 heterocycles. The number of nitrogen functional groups attached to an aromatic ring is 1. The second kappa shape index (κ2) is 5.64. The van der Waals surface area contributed by atoms with E-state index in [2.05, 4.69) is 14.7 Å². The fraction of sp³-hybridized carbons (Fsp3) is 0.273. The number of hydrogen-bond donors (Lipinski definition) is 2. The molecule has 3 N–H and O–H groups in total. The van der Waals surface area contributed by atoms with Gasteiger partial charge in [0.1, 0.15) is 9.90 Å². The number of nitrogens with two attached hydrogens (primary N) is 1. The van der Waals surface area contributed by atoms with E-state index >= 15 is 0 Å². The van der Waals surface area contributed by atoms with Gasteiger partial charge in [-0.1, -0.05) is 6.92 Å². The van der Waals surface area contributed by atoms with E-state index in [9.17, 15) is 8.42 Å². The van der Waals surface area contributed by atoms with E-state index in [0.717, 1.165) is 5.01 Å². The molecule has 0 radical (unpaired) electrons. The standard InChI is InChI=1S/C11H14N4O2S2/c1-2-9(11-14-5-6-18-11)15-19(16,17)10-7-13-4-3-8(10)12/h3-7,9,15H,2H2,1H3,(H2,12,13). The predicted molar refractivity (Wildman–Crippen MR) is 74.1 cm³/mol. The van der Waals surface area contributed by atoms with Gasteiger partial charge >= 0.3 is 0 Å². The molecule has 2 aromatic rings. The molecule has 0 bridgehead atoms. The lowest BCUT2D eigenvalue weighted by Gasteiger charge is -2.15. The van der Waals surface area contributed by atoms with Crippen molar-refractivity contribution in [2.45, 2.75) is 24.3 Å². The van der Waals surface area contributed by atoms with Crippen molar-refractivity contribution in [3.8, 4) is 0 Å². The van der Waals surface area contributed by atoms with Crippen LogP contribution in [0.4, 0.5) is 5.69 Å². The Kier molecular flexibility index (Phi) is 4.13. The molecule has 0 aliphatic heterocycles. The van der Waals surface area contributed by atoms with Gasteiger partial charge in [-0.05, 0) is 12.5 Å². The zero-order valence-electron chi connectivity index (χ0n) is 10.3. The Morgan fingerprint density at radius 1 is 1.47 bits per heavy atom. The SMILES string of the molecule is CCC(NS(=O)(=O)c1cnccc1N)c1nccs1. The Labute approximate surface area is 115 Å². The highest BCUT2D eigenvalue weighted by atomic mass is 32.2. The van der Waals surface area contributed by atoms with Gasteiger partial charge in [-0.2, -0.15) is 0 Å². The number of rotatable bonds is 5. The summed E-state index contributed by atoms with van der Waals surface area (Å²) in [5, 5.41) is 2.54. The van der Waals surface area contributed by atoms with E-state index in [4.69, 9.17) is 5.73 Å².